The highest BCUT2D eigenvalue weighted by molar-refractivity contribution is 6.20. The largest absolute Gasteiger partial charge is 0.351 e. The van der Waals surface area contributed by atoms with Gasteiger partial charge in [-0.05, 0) is 19.3 Å². The summed E-state index contributed by atoms with van der Waals surface area (Å²) in [5.41, 5.74) is -1.27. The van der Waals surface area contributed by atoms with E-state index in [9.17, 15) is 24.5 Å². The Labute approximate surface area is 192 Å². The Morgan fingerprint density at radius 3 is 2.39 bits per heavy atom. The summed E-state index contributed by atoms with van der Waals surface area (Å²) >= 11 is 0. The van der Waals surface area contributed by atoms with Crippen LogP contribution in [0.25, 0.3) is 0 Å². The van der Waals surface area contributed by atoms with Crippen molar-refractivity contribution < 1.29 is 19.3 Å². The van der Waals surface area contributed by atoms with Gasteiger partial charge in [-0.1, -0.05) is 67.8 Å². The Morgan fingerprint density at radius 2 is 1.70 bits per heavy atom. The molecule has 2 aromatic rings. The van der Waals surface area contributed by atoms with Gasteiger partial charge in [-0.2, -0.15) is 0 Å². The third-order valence-electron chi connectivity index (χ3n) is 6.71. The molecule has 1 saturated carbocycles. The minimum atomic E-state index is -1.74. The van der Waals surface area contributed by atoms with Crippen LogP contribution in [0.1, 0.15) is 60.9 Å². The highest BCUT2D eigenvalue weighted by atomic mass is 16.6. The SMILES string of the molecule is O=C1CCC(C(=O)NC2CCCCC2)(C(=O)c2ccccc2)N1Cc1ccccc1[N+](=O)[O-]. The van der Waals surface area contributed by atoms with E-state index in [1.807, 2.05) is 0 Å². The number of carbonyl (C=O) groups is 3. The van der Waals surface area contributed by atoms with E-state index in [-0.39, 0.29) is 42.6 Å². The van der Waals surface area contributed by atoms with Gasteiger partial charge in [0.2, 0.25) is 5.91 Å². The molecule has 1 N–H and O–H groups in total. The van der Waals surface area contributed by atoms with Gasteiger partial charge < -0.3 is 10.2 Å². The molecule has 4 rings (SSSR count). The molecule has 1 saturated heterocycles. The second-order valence-electron chi connectivity index (χ2n) is 8.73. The highest BCUT2D eigenvalue weighted by Crippen LogP contribution is 2.37. The van der Waals surface area contributed by atoms with Gasteiger partial charge >= 0.3 is 0 Å². The topological polar surface area (TPSA) is 110 Å². The molecular weight excluding hydrogens is 422 g/mol. The summed E-state index contributed by atoms with van der Waals surface area (Å²) in [5, 5.41) is 14.6. The Morgan fingerprint density at radius 1 is 1.03 bits per heavy atom. The van der Waals surface area contributed by atoms with Crippen molar-refractivity contribution in [3.05, 3.63) is 75.8 Å². The minimum absolute atomic E-state index is 0.0251. The summed E-state index contributed by atoms with van der Waals surface area (Å²) in [5.74, 6) is -1.32. The number of rotatable bonds is 7. The molecule has 1 aliphatic carbocycles. The Bertz CT molecular complexity index is 1060. The van der Waals surface area contributed by atoms with Gasteiger partial charge in [-0.15, -0.1) is 0 Å². The average molecular weight is 450 g/mol. The number of hydrogen-bond acceptors (Lipinski definition) is 5. The summed E-state index contributed by atoms with van der Waals surface area (Å²) in [6, 6.07) is 14.5. The first-order valence-corrected chi connectivity index (χ1v) is 11.4. The molecule has 0 bridgehead atoms. The van der Waals surface area contributed by atoms with Crippen LogP contribution in [-0.4, -0.2) is 39.0 Å². The van der Waals surface area contributed by atoms with Crippen molar-refractivity contribution in [2.75, 3.05) is 0 Å². The number of benzene rings is 2. The van der Waals surface area contributed by atoms with E-state index in [1.165, 1.54) is 11.0 Å². The molecule has 0 radical (unpaired) electrons. The summed E-state index contributed by atoms with van der Waals surface area (Å²) in [4.78, 5) is 52.9. The summed E-state index contributed by atoms with van der Waals surface area (Å²) in [6.45, 7) is -0.188. The molecule has 8 nitrogen and oxygen atoms in total. The van der Waals surface area contributed by atoms with Crippen LogP contribution in [0.2, 0.25) is 0 Å². The molecule has 2 amide bonds. The van der Waals surface area contributed by atoms with Gasteiger partial charge in [0.05, 0.1) is 11.5 Å². The molecule has 1 unspecified atom stereocenters. The van der Waals surface area contributed by atoms with E-state index >= 15 is 0 Å². The summed E-state index contributed by atoms with van der Waals surface area (Å²) in [7, 11) is 0. The number of Topliss-reactive ketones (excluding diaryl/α,β-unsaturated/α-hetero) is 1. The molecule has 2 aromatic carbocycles. The van der Waals surface area contributed by atoms with Crippen LogP contribution in [0.4, 0.5) is 5.69 Å². The lowest BCUT2D eigenvalue weighted by Crippen LogP contribution is -2.62. The smallest absolute Gasteiger partial charge is 0.274 e. The number of ketones is 1. The molecule has 1 aliphatic heterocycles. The third-order valence-corrected chi connectivity index (χ3v) is 6.71. The minimum Gasteiger partial charge on any atom is -0.351 e. The van der Waals surface area contributed by atoms with E-state index < -0.39 is 22.2 Å². The number of nitrogens with one attached hydrogen (secondary N) is 1. The fraction of sp³-hybridized carbons (Fsp3) is 0.400. The fourth-order valence-electron chi connectivity index (χ4n) is 4.94. The van der Waals surface area contributed by atoms with Gasteiger partial charge in [0.25, 0.3) is 11.6 Å². The predicted molar refractivity (Wildman–Crippen MR) is 121 cm³/mol. The standard InChI is InChI=1S/C25H27N3O5/c29-22-15-16-25(23(30)18-9-3-1-4-10-18,24(31)26-20-12-5-2-6-13-20)27(22)17-19-11-7-8-14-21(19)28(32)33/h1,3-4,7-11,14,20H,2,5-6,12-13,15-17H2,(H,26,31). The lowest BCUT2D eigenvalue weighted by molar-refractivity contribution is -0.385. The van der Waals surface area contributed by atoms with Crippen molar-refractivity contribution >= 4 is 23.3 Å². The Hall–Kier alpha value is -3.55. The van der Waals surface area contributed by atoms with E-state index in [4.69, 9.17) is 0 Å². The predicted octanol–water partition coefficient (Wildman–Crippen LogP) is 3.79. The second-order valence-corrected chi connectivity index (χ2v) is 8.73. The van der Waals surface area contributed by atoms with Crippen LogP contribution in [-0.2, 0) is 16.1 Å². The number of nitrogens with zero attached hydrogens (tertiary/aromatic N) is 2. The zero-order valence-electron chi connectivity index (χ0n) is 18.4. The van der Waals surface area contributed by atoms with Crippen LogP contribution in [0.15, 0.2) is 54.6 Å². The summed E-state index contributed by atoms with van der Waals surface area (Å²) in [6.07, 6.45) is 4.85. The fourth-order valence-corrected chi connectivity index (χ4v) is 4.94. The first kappa shape index (κ1) is 22.6. The lowest BCUT2D eigenvalue weighted by Gasteiger charge is -2.37. The van der Waals surface area contributed by atoms with Crippen molar-refractivity contribution in [3.63, 3.8) is 0 Å². The number of hydrogen-bond donors (Lipinski definition) is 1. The monoisotopic (exact) mass is 449 g/mol. The molecule has 33 heavy (non-hydrogen) atoms. The quantitative estimate of drug-likeness (QED) is 0.299. The normalized spacial score (nSPS) is 21.1. The number of carbonyl (C=O) groups excluding carboxylic acids is 3. The molecule has 172 valence electrons. The number of likely N-dealkylation sites (tertiary alicyclic amines) is 1. The maximum atomic E-state index is 13.8. The zero-order chi connectivity index (χ0) is 23.4. The molecule has 2 fully saturated rings. The van der Waals surface area contributed by atoms with Gasteiger partial charge in [0.15, 0.2) is 11.3 Å². The lowest BCUT2D eigenvalue weighted by atomic mass is 9.84. The Kier molecular flexibility index (Phi) is 6.53. The van der Waals surface area contributed by atoms with Crippen LogP contribution in [0.5, 0.6) is 0 Å². The molecule has 0 aromatic heterocycles. The molecule has 0 spiro atoms. The molecule has 1 atom stereocenters. The van der Waals surface area contributed by atoms with E-state index in [0.717, 1.165) is 32.1 Å². The molecular formula is C25H27N3O5. The first-order valence-electron chi connectivity index (χ1n) is 11.4. The van der Waals surface area contributed by atoms with Crippen LogP contribution >= 0.6 is 0 Å². The van der Waals surface area contributed by atoms with Crippen molar-refractivity contribution in [2.45, 2.75) is 63.1 Å². The maximum absolute atomic E-state index is 13.8. The number of para-hydroxylation sites is 1. The van der Waals surface area contributed by atoms with Crippen LogP contribution < -0.4 is 5.32 Å². The van der Waals surface area contributed by atoms with Gasteiger partial charge in [-0.3, -0.25) is 24.5 Å². The van der Waals surface area contributed by atoms with Crippen LogP contribution in [0.3, 0.4) is 0 Å². The van der Waals surface area contributed by atoms with Gasteiger partial charge in [-0.25, -0.2) is 0 Å². The number of nitro benzene ring substituents is 1. The van der Waals surface area contributed by atoms with Crippen molar-refractivity contribution in [1.82, 2.24) is 10.2 Å². The summed E-state index contributed by atoms with van der Waals surface area (Å²) < 4.78 is 0. The van der Waals surface area contributed by atoms with E-state index in [2.05, 4.69) is 5.32 Å². The van der Waals surface area contributed by atoms with Crippen molar-refractivity contribution in [2.24, 2.45) is 0 Å². The third kappa shape index (κ3) is 4.37. The molecule has 1 heterocycles. The van der Waals surface area contributed by atoms with Crippen LogP contribution in [0, 0.1) is 10.1 Å². The first-order chi connectivity index (χ1) is 15.9. The molecule has 8 heteroatoms. The number of nitro groups is 1. The number of amides is 2. The maximum Gasteiger partial charge on any atom is 0.274 e. The van der Waals surface area contributed by atoms with E-state index in [1.54, 1.807) is 48.5 Å². The van der Waals surface area contributed by atoms with E-state index in [0.29, 0.717) is 5.56 Å². The van der Waals surface area contributed by atoms with Gasteiger partial charge in [0.1, 0.15) is 0 Å². The van der Waals surface area contributed by atoms with Gasteiger partial charge in [0, 0.05) is 29.7 Å². The second kappa shape index (κ2) is 9.52. The van der Waals surface area contributed by atoms with Crippen molar-refractivity contribution in [1.29, 1.82) is 0 Å². The average Bonchev–Trinajstić information content (AvgIpc) is 3.17. The highest BCUT2D eigenvalue weighted by Gasteiger charge is 2.57. The van der Waals surface area contributed by atoms with Crippen molar-refractivity contribution in [3.8, 4) is 0 Å². The zero-order valence-corrected chi connectivity index (χ0v) is 18.4. The Balaban J connectivity index is 1.75. The molecule has 2 aliphatic rings.